The first-order chi connectivity index (χ1) is 8.37. The summed E-state index contributed by atoms with van der Waals surface area (Å²) in [7, 11) is 0. The average Bonchev–Trinajstić information content (AvgIpc) is 2.63. The second kappa shape index (κ2) is 4.40. The standard InChI is InChI=1S/C13H19N5/c1-9-7-10(14)5-6-11(9)12-15-16-17-18(12)8-13(2,3)4/h5-7H,8,14H2,1-4H3. The van der Waals surface area contributed by atoms with E-state index in [1.165, 1.54) is 0 Å². The zero-order valence-corrected chi connectivity index (χ0v) is 11.3. The van der Waals surface area contributed by atoms with E-state index < -0.39 is 0 Å². The van der Waals surface area contributed by atoms with Crippen molar-refractivity contribution in [2.24, 2.45) is 5.41 Å². The Labute approximate surface area is 107 Å². The van der Waals surface area contributed by atoms with Gasteiger partial charge < -0.3 is 5.73 Å². The van der Waals surface area contributed by atoms with Crippen LogP contribution in [-0.4, -0.2) is 20.2 Å². The maximum absolute atomic E-state index is 5.76. The van der Waals surface area contributed by atoms with Crippen molar-refractivity contribution in [2.75, 3.05) is 5.73 Å². The van der Waals surface area contributed by atoms with Gasteiger partial charge in [-0.25, -0.2) is 4.68 Å². The molecule has 0 aliphatic rings. The average molecular weight is 245 g/mol. The smallest absolute Gasteiger partial charge is 0.182 e. The molecular formula is C13H19N5. The van der Waals surface area contributed by atoms with Gasteiger partial charge in [0, 0.05) is 17.8 Å². The SMILES string of the molecule is Cc1cc(N)ccc1-c1nnnn1CC(C)(C)C. The number of tetrazole rings is 1. The third-order valence-electron chi connectivity index (χ3n) is 2.65. The van der Waals surface area contributed by atoms with Crippen LogP contribution in [0.15, 0.2) is 18.2 Å². The van der Waals surface area contributed by atoms with E-state index in [0.29, 0.717) is 0 Å². The zero-order chi connectivity index (χ0) is 13.3. The second-order valence-electron chi connectivity index (χ2n) is 5.80. The summed E-state index contributed by atoms with van der Waals surface area (Å²) in [4.78, 5) is 0. The molecule has 0 fully saturated rings. The molecule has 0 amide bonds. The quantitative estimate of drug-likeness (QED) is 0.824. The molecule has 1 aromatic carbocycles. The molecule has 0 radical (unpaired) electrons. The van der Waals surface area contributed by atoms with E-state index in [0.717, 1.165) is 29.2 Å². The topological polar surface area (TPSA) is 69.6 Å². The van der Waals surface area contributed by atoms with Crippen molar-refractivity contribution >= 4 is 5.69 Å². The summed E-state index contributed by atoms with van der Waals surface area (Å²) in [5.74, 6) is 0.794. The van der Waals surface area contributed by atoms with E-state index >= 15 is 0 Å². The number of rotatable bonds is 2. The predicted molar refractivity (Wildman–Crippen MR) is 71.9 cm³/mol. The summed E-state index contributed by atoms with van der Waals surface area (Å²) in [5.41, 5.74) is 8.76. The summed E-state index contributed by atoms with van der Waals surface area (Å²) < 4.78 is 1.85. The number of nitrogens with zero attached hydrogens (tertiary/aromatic N) is 4. The molecule has 0 unspecified atom stereocenters. The summed E-state index contributed by atoms with van der Waals surface area (Å²) >= 11 is 0. The third kappa shape index (κ3) is 2.67. The van der Waals surface area contributed by atoms with Crippen LogP contribution in [0.3, 0.4) is 0 Å². The maximum atomic E-state index is 5.76. The van der Waals surface area contributed by atoms with Gasteiger partial charge in [-0.15, -0.1) is 5.10 Å². The van der Waals surface area contributed by atoms with Crippen LogP contribution in [0.2, 0.25) is 0 Å². The molecule has 2 aromatic rings. The van der Waals surface area contributed by atoms with Gasteiger partial charge in [-0.3, -0.25) is 0 Å². The second-order valence-corrected chi connectivity index (χ2v) is 5.80. The number of nitrogen functional groups attached to an aromatic ring is 1. The van der Waals surface area contributed by atoms with Crippen molar-refractivity contribution in [1.29, 1.82) is 0 Å². The first-order valence-corrected chi connectivity index (χ1v) is 5.99. The molecule has 0 atom stereocenters. The Hall–Kier alpha value is -1.91. The van der Waals surface area contributed by atoms with Crippen molar-refractivity contribution < 1.29 is 0 Å². The van der Waals surface area contributed by atoms with Gasteiger partial charge >= 0.3 is 0 Å². The molecule has 1 aromatic heterocycles. The third-order valence-corrected chi connectivity index (χ3v) is 2.65. The Morgan fingerprint density at radius 3 is 2.61 bits per heavy atom. The number of hydrogen-bond acceptors (Lipinski definition) is 4. The van der Waals surface area contributed by atoms with Crippen molar-refractivity contribution in [3.8, 4) is 11.4 Å². The lowest BCUT2D eigenvalue weighted by molar-refractivity contribution is 0.323. The lowest BCUT2D eigenvalue weighted by Crippen LogP contribution is -2.17. The molecule has 0 saturated heterocycles. The normalized spacial score (nSPS) is 11.8. The largest absolute Gasteiger partial charge is 0.399 e. The molecule has 0 bridgehead atoms. The minimum Gasteiger partial charge on any atom is -0.399 e. The predicted octanol–water partition coefficient (Wildman–Crippen LogP) is 2.28. The van der Waals surface area contributed by atoms with Crippen LogP contribution in [0, 0.1) is 12.3 Å². The molecule has 0 saturated carbocycles. The van der Waals surface area contributed by atoms with Gasteiger partial charge in [-0.1, -0.05) is 20.8 Å². The molecule has 2 N–H and O–H groups in total. The summed E-state index contributed by atoms with van der Waals surface area (Å²) in [5, 5.41) is 12.0. The summed E-state index contributed by atoms with van der Waals surface area (Å²) in [6.45, 7) is 9.28. The van der Waals surface area contributed by atoms with E-state index in [2.05, 4.69) is 36.3 Å². The highest BCUT2D eigenvalue weighted by atomic mass is 15.5. The first kappa shape index (κ1) is 12.5. The fraction of sp³-hybridized carbons (Fsp3) is 0.462. The molecule has 96 valence electrons. The van der Waals surface area contributed by atoms with Crippen LogP contribution in [-0.2, 0) is 6.54 Å². The highest BCUT2D eigenvalue weighted by Crippen LogP contribution is 2.25. The lowest BCUT2D eigenvalue weighted by atomic mass is 9.97. The van der Waals surface area contributed by atoms with E-state index in [-0.39, 0.29) is 5.41 Å². The molecule has 0 aliphatic heterocycles. The lowest BCUT2D eigenvalue weighted by Gasteiger charge is -2.18. The Balaban J connectivity index is 2.42. The van der Waals surface area contributed by atoms with Crippen LogP contribution in [0.4, 0.5) is 5.69 Å². The van der Waals surface area contributed by atoms with Crippen molar-refractivity contribution in [3.05, 3.63) is 23.8 Å². The number of anilines is 1. The van der Waals surface area contributed by atoms with E-state index in [1.54, 1.807) is 0 Å². The number of aryl methyl sites for hydroxylation is 1. The van der Waals surface area contributed by atoms with Crippen LogP contribution < -0.4 is 5.73 Å². The zero-order valence-electron chi connectivity index (χ0n) is 11.3. The summed E-state index contributed by atoms with van der Waals surface area (Å²) in [6.07, 6.45) is 0. The van der Waals surface area contributed by atoms with Crippen molar-refractivity contribution in [2.45, 2.75) is 34.2 Å². The molecule has 2 rings (SSSR count). The van der Waals surface area contributed by atoms with Gasteiger partial charge in [0.15, 0.2) is 5.82 Å². The monoisotopic (exact) mass is 245 g/mol. The fourth-order valence-corrected chi connectivity index (χ4v) is 1.89. The van der Waals surface area contributed by atoms with Gasteiger partial charge in [-0.2, -0.15) is 0 Å². The fourth-order valence-electron chi connectivity index (χ4n) is 1.89. The van der Waals surface area contributed by atoms with Gasteiger partial charge in [-0.05, 0) is 46.5 Å². The number of benzene rings is 1. The van der Waals surface area contributed by atoms with Crippen molar-refractivity contribution in [1.82, 2.24) is 20.2 Å². The Morgan fingerprint density at radius 2 is 2.00 bits per heavy atom. The molecular weight excluding hydrogens is 226 g/mol. The van der Waals surface area contributed by atoms with Crippen LogP contribution in [0.25, 0.3) is 11.4 Å². The molecule has 18 heavy (non-hydrogen) atoms. The number of nitrogens with two attached hydrogens (primary N) is 1. The van der Waals surface area contributed by atoms with E-state index in [9.17, 15) is 0 Å². The Morgan fingerprint density at radius 1 is 1.28 bits per heavy atom. The Kier molecular flexibility index (Phi) is 3.07. The van der Waals surface area contributed by atoms with Gasteiger partial charge in [0.1, 0.15) is 0 Å². The number of aromatic nitrogens is 4. The van der Waals surface area contributed by atoms with E-state index in [1.807, 2.05) is 29.8 Å². The van der Waals surface area contributed by atoms with Crippen LogP contribution in [0.1, 0.15) is 26.3 Å². The molecule has 0 spiro atoms. The van der Waals surface area contributed by atoms with Crippen LogP contribution in [0.5, 0.6) is 0 Å². The first-order valence-electron chi connectivity index (χ1n) is 5.99. The Bertz CT molecular complexity index is 551. The minimum absolute atomic E-state index is 0.131. The molecule has 5 heteroatoms. The minimum atomic E-state index is 0.131. The molecule has 0 aliphatic carbocycles. The van der Waals surface area contributed by atoms with Gasteiger partial charge in [0.05, 0.1) is 0 Å². The maximum Gasteiger partial charge on any atom is 0.182 e. The van der Waals surface area contributed by atoms with Gasteiger partial charge in [0.2, 0.25) is 0 Å². The van der Waals surface area contributed by atoms with Gasteiger partial charge in [0.25, 0.3) is 0 Å². The molecule has 1 heterocycles. The summed E-state index contributed by atoms with van der Waals surface area (Å²) in [6, 6.07) is 5.78. The highest BCUT2D eigenvalue weighted by molar-refractivity contribution is 5.63. The molecule has 5 nitrogen and oxygen atoms in total. The van der Waals surface area contributed by atoms with Crippen molar-refractivity contribution in [3.63, 3.8) is 0 Å². The highest BCUT2D eigenvalue weighted by Gasteiger charge is 2.17. The number of hydrogen-bond donors (Lipinski definition) is 1. The van der Waals surface area contributed by atoms with E-state index in [4.69, 9.17) is 5.73 Å². The van der Waals surface area contributed by atoms with Crippen LogP contribution >= 0.6 is 0 Å².